The van der Waals surface area contributed by atoms with Crippen LogP contribution < -0.4 is 4.72 Å². The Morgan fingerprint density at radius 1 is 1.32 bits per heavy atom. The van der Waals surface area contributed by atoms with Crippen molar-refractivity contribution in [1.29, 1.82) is 0 Å². The minimum atomic E-state index is -3.33. The molecule has 0 bridgehead atoms. The van der Waals surface area contributed by atoms with Gasteiger partial charge in [0.1, 0.15) is 0 Å². The Hall–Kier alpha value is -1.40. The number of carbonyl (C=O) groups excluding carboxylic acids is 1. The third kappa shape index (κ3) is 3.33. The van der Waals surface area contributed by atoms with Crippen molar-refractivity contribution in [2.45, 2.75) is 37.9 Å². The number of likely N-dealkylation sites (tertiary alicyclic amines) is 1. The van der Waals surface area contributed by atoms with Crippen molar-refractivity contribution < 1.29 is 13.2 Å². The van der Waals surface area contributed by atoms with Crippen LogP contribution in [-0.2, 0) is 20.2 Å². The maximum absolute atomic E-state index is 12.8. The van der Waals surface area contributed by atoms with Crippen LogP contribution in [-0.4, -0.2) is 44.1 Å². The van der Waals surface area contributed by atoms with Crippen LogP contribution in [0.2, 0.25) is 0 Å². The summed E-state index contributed by atoms with van der Waals surface area (Å²) in [5.74, 6) is -0.0205. The average molecular weight is 324 g/mol. The molecule has 1 aromatic carbocycles. The van der Waals surface area contributed by atoms with Crippen molar-refractivity contribution in [2.75, 3.05) is 19.6 Å². The number of nitrogens with one attached hydrogen (secondary N) is 1. The third-order valence-corrected chi connectivity index (χ3v) is 6.20. The minimum absolute atomic E-state index is 0.0205. The molecule has 1 atom stereocenters. The van der Waals surface area contributed by atoms with Gasteiger partial charge in [0.25, 0.3) is 0 Å². The minimum Gasteiger partial charge on any atom is -0.341 e. The average Bonchev–Trinajstić information content (AvgIpc) is 2.98. The second-order valence-electron chi connectivity index (χ2n) is 6.20. The molecule has 0 aliphatic carbocycles. The number of rotatable bonds is 5. The molecule has 2 rings (SSSR count). The van der Waals surface area contributed by atoms with Crippen molar-refractivity contribution in [2.24, 2.45) is 0 Å². The number of carbonyl (C=O) groups is 1. The second kappa shape index (κ2) is 6.38. The second-order valence-corrected chi connectivity index (χ2v) is 8.24. The summed E-state index contributed by atoms with van der Waals surface area (Å²) < 4.78 is 26.7. The summed E-state index contributed by atoms with van der Waals surface area (Å²) in [6, 6.07) is 9.60. The summed E-state index contributed by atoms with van der Waals surface area (Å²) in [5.41, 5.74) is 0.288. The zero-order valence-corrected chi connectivity index (χ0v) is 14.2. The normalized spacial score (nSPS) is 19.4. The monoisotopic (exact) mass is 324 g/mol. The summed E-state index contributed by atoms with van der Waals surface area (Å²) in [6.45, 7) is 6.67. The number of hydrogen-bond acceptors (Lipinski definition) is 3. The number of benzene rings is 1. The van der Waals surface area contributed by atoms with Crippen molar-refractivity contribution in [1.82, 2.24) is 9.62 Å². The van der Waals surface area contributed by atoms with E-state index in [0.29, 0.717) is 19.5 Å². The predicted molar refractivity (Wildman–Crippen MR) is 87.0 cm³/mol. The van der Waals surface area contributed by atoms with E-state index in [1.54, 1.807) is 11.8 Å². The summed E-state index contributed by atoms with van der Waals surface area (Å²) in [5, 5.41) is -0.511. The van der Waals surface area contributed by atoms with E-state index < -0.39 is 20.7 Å². The predicted octanol–water partition coefficient (Wildman–Crippen LogP) is 1.50. The summed E-state index contributed by atoms with van der Waals surface area (Å²) in [7, 11) is -3.33. The highest BCUT2D eigenvalue weighted by atomic mass is 32.2. The molecule has 1 aliphatic heterocycles. The maximum Gasteiger partial charge on any atom is 0.232 e. The third-order valence-electron chi connectivity index (χ3n) is 4.25. The van der Waals surface area contributed by atoms with Crippen LogP contribution >= 0.6 is 0 Å². The van der Waals surface area contributed by atoms with Crippen molar-refractivity contribution in [3.63, 3.8) is 0 Å². The van der Waals surface area contributed by atoms with E-state index in [1.807, 2.05) is 44.2 Å². The number of nitrogens with zero attached hydrogens (tertiary/aromatic N) is 1. The lowest BCUT2D eigenvalue weighted by Gasteiger charge is -2.29. The molecule has 1 heterocycles. The van der Waals surface area contributed by atoms with Crippen LogP contribution in [0.4, 0.5) is 0 Å². The summed E-state index contributed by atoms with van der Waals surface area (Å²) >= 11 is 0. The first-order valence-corrected chi connectivity index (χ1v) is 9.17. The molecule has 1 aromatic rings. The maximum atomic E-state index is 12.8. The molecule has 1 fully saturated rings. The fourth-order valence-electron chi connectivity index (χ4n) is 2.86. The molecule has 1 amide bonds. The highest BCUT2D eigenvalue weighted by Gasteiger charge is 2.40. The van der Waals surface area contributed by atoms with E-state index in [9.17, 15) is 13.2 Å². The molecule has 122 valence electrons. The standard InChI is InChI=1S/C16H24N2O3S/c1-4-17-22(20,21)14-10-11-18(12-14)15(19)16(2,3)13-8-6-5-7-9-13/h5-9,14,17H,4,10-12H2,1-3H3/t14-/m0/s1. The van der Waals surface area contributed by atoms with Gasteiger partial charge in [-0.3, -0.25) is 4.79 Å². The van der Waals surface area contributed by atoms with Gasteiger partial charge in [-0.15, -0.1) is 0 Å². The van der Waals surface area contributed by atoms with Gasteiger partial charge in [0.05, 0.1) is 10.7 Å². The van der Waals surface area contributed by atoms with Gasteiger partial charge >= 0.3 is 0 Å². The van der Waals surface area contributed by atoms with Crippen molar-refractivity contribution in [3.8, 4) is 0 Å². The first-order chi connectivity index (χ1) is 10.3. The largest absolute Gasteiger partial charge is 0.341 e. The Morgan fingerprint density at radius 3 is 2.55 bits per heavy atom. The first kappa shape index (κ1) is 17.0. The van der Waals surface area contributed by atoms with Gasteiger partial charge in [0.15, 0.2) is 0 Å². The molecule has 1 N–H and O–H groups in total. The molecule has 0 unspecified atom stereocenters. The van der Waals surface area contributed by atoms with Gasteiger partial charge in [0, 0.05) is 19.6 Å². The number of sulfonamides is 1. The Balaban J connectivity index is 2.12. The first-order valence-electron chi connectivity index (χ1n) is 7.62. The quantitative estimate of drug-likeness (QED) is 0.893. The molecule has 0 radical (unpaired) electrons. The lowest BCUT2D eigenvalue weighted by Crippen LogP contribution is -2.44. The Bertz CT molecular complexity index is 626. The molecule has 5 nitrogen and oxygen atoms in total. The van der Waals surface area contributed by atoms with E-state index in [4.69, 9.17) is 0 Å². The van der Waals surface area contributed by atoms with E-state index in [0.717, 1.165) is 5.56 Å². The summed E-state index contributed by atoms with van der Waals surface area (Å²) in [4.78, 5) is 14.5. The van der Waals surface area contributed by atoms with Crippen LogP contribution in [0.25, 0.3) is 0 Å². The fraction of sp³-hybridized carbons (Fsp3) is 0.562. The lowest BCUT2D eigenvalue weighted by atomic mass is 9.83. The molecular formula is C16H24N2O3S. The van der Waals surface area contributed by atoms with Crippen molar-refractivity contribution >= 4 is 15.9 Å². The molecular weight excluding hydrogens is 300 g/mol. The molecule has 0 saturated carbocycles. The van der Waals surface area contributed by atoms with Crippen LogP contribution in [0, 0.1) is 0 Å². The Kier molecular flexibility index (Phi) is 4.92. The summed E-state index contributed by atoms with van der Waals surface area (Å²) in [6.07, 6.45) is 0.492. The van der Waals surface area contributed by atoms with E-state index in [1.165, 1.54) is 0 Å². The Labute approximate surface area is 132 Å². The zero-order valence-electron chi connectivity index (χ0n) is 13.4. The Morgan fingerprint density at radius 2 is 1.95 bits per heavy atom. The van der Waals surface area contributed by atoms with Crippen LogP contribution in [0.5, 0.6) is 0 Å². The zero-order chi connectivity index (χ0) is 16.4. The highest BCUT2D eigenvalue weighted by molar-refractivity contribution is 7.90. The molecule has 22 heavy (non-hydrogen) atoms. The molecule has 1 aliphatic rings. The van der Waals surface area contributed by atoms with Crippen LogP contribution in [0.3, 0.4) is 0 Å². The topological polar surface area (TPSA) is 66.5 Å². The van der Waals surface area contributed by atoms with Crippen LogP contribution in [0.15, 0.2) is 30.3 Å². The molecule has 0 aromatic heterocycles. The van der Waals surface area contributed by atoms with E-state index in [2.05, 4.69) is 4.72 Å². The van der Waals surface area contributed by atoms with Gasteiger partial charge in [0.2, 0.25) is 15.9 Å². The molecule has 0 spiro atoms. The fourth-order valence-corrected chi connectivity index (χ4v) is 4.29. The van der Waals surface area contributed by atoms with E-state index >= 15 is 0 Å². The number of amides is 1. The molecule has 6 heteroatoms. The van der Waals surface area contributed by atoms with Gasteiger partial charge < -0.3 is 4.90 Å². The smallest absolute Gasteiger partial charge is 0.232 e. The molecule has 1 saturated heterocycles. The van der Waals surface area contributed by atoms with Gasteiger partial charge in [-0.25, -0.2) is 13.1 Å². The lowest BCUT2D eigenvalue weighted by molar-refractivity contribution is -0.135. The SMILES string of the molecule is CCNS(=O)(=O)[C@H]1CCN(C(=O)C(C)(C)c2ccccc2)C1. The van der Waals surface area contributed by atoms with Gasteiger partial charge in [-0.05, 0) is 25.8 Å². The van der Waals surface area contributed by atoms with Gasteiger partial charge in [-0.2, -0.15) is 0 Å². The number of hydrogen-bond donors (Lipinski definition) is 1. The van der Waals surface area contributed by atoms with Crippen molar-refractivity contribution in [3.05, 3.63) is 35.9 Å². The van der Waals surface area contributed by atoms with Crippen LogP contribution in [0.1, 0.15) is 32.8 Å². The van der Waals surface area contributed by atoms with Gasteiger partial charge in [-0.1, -0.05) is 37.3 Å². The highest BCUT2D eigenvalue weighted by Crippen LogP contribution is 2.28. The van der Waals surface area contributed by atoms with E-state index in [-0.39, 0.29) is 12.5 Å².